The Hall–Kier alpha value is -3.50. The Bertz CT molecular complexity index is 1470. The van der Waals surface area contributed by atoms with Gasteiger partial charge in [-0.25, -0.2) is 0 Å². The van der Waals surface area contributed by atoms with Gasteiger partial charge in [0, 0.05) is 16.7 Å². The number of ether oxygens (including phenoxy) is 1. The van der Waals surface area contributed by atoms with Crippen LogP contribution < -0.4 is 0 Å². The van der Waals surface area contributed by atoms with Gasteiger partial charge in [-0.15, -0.1) is 0 Å². The van der Waals surface area contributed by atoms with Gasteiger partial charge in [0.05, 0.1) is 29.8 Å². The fourth-order valence-electron chi connectivity index (χ4n) is 7.85. The predicted octanol–water partition coefficient (Wildman–Crippen LogP) is 3.62. The summed E-state index contributed by atoms with van der Waals surface area (Å²) in [5.41, 5.74) is -7.20. The molecular formula is C32H40O10. The summed E-state index contributed by atoms with van der Waals surface area (Å²) < 4.78 is 5.05. The second-order valence-corrected chi connectivity index (χ2v) is 12.7. The van der Waals surface area contributed by atoms with Crippen molar-refractivity contribution in [3.8, 4) is 5.75 Å². The Morgan fingerprint density at radius 1 is 1.07 bits per heavy atom. The summed E-state index contributed by atoms with van der Waals surface area (Å²) in [6.45, 7) is 12.5. The zero-order valence-corrected chi connectivity index (χ0v) is 25.2. The molecule has 0 saturated heterocycles. The SMILES string of the molecule is CCOC(=O)C(C)Cc1ccc2c(c1O)C(=O)C1=C(O)[C@@]3(O)C(=O)C(C(C)=O)=C(O)C(C(C)C)[C@@]3(C)[C@H](O)[C@@]1(C)[C@@H]2C. The van der Waals surface area contributed by atoms with Gasteiger partial charge in [0.2, 0.25) is 5.78 Å². The molecular weight excluding hydrogens is 544 g/mol. The number of hydrogen-bond acceptors (Lipinski definition) is 10. The smallest absolute Gasteiger partial charge is 0.308 e. The third kappa shape index (κ3) is 3.70. The summed E-state index contributed by atoms with van der Waals surface area (Å²) in [5.74, 6) is -8.63. The lowest BCUT2D eigenvalue weighted by molar-refractivity contribution is -0.211. The second-order valence-electron chi connectivity index (χ2n) is 12.7. The summed E-state index contributed by atoms with van der Waals surface area (Å²) in [5, 5.41) is 58.8. The fourth-order valence-corrected chi connectivity index (χ4v) is 7.85. The van der Waals surface area contributed by atoms with Crippen LogP contribution in [0.3, 0.4) is 0 Å². The van der Waals surface area contributed by atoms with Gasteiger partial charge in [-0.05, 0) is 43.2 Å². The number of aliphatic hydroxyl groups excluding tert-OH is 3. The highest BCUT2D eigenvalue weighted by Gasteiger charge is 2.76. The van der Waals surface area contributed by atoms with Gasteiger partial charge in [-0.2, -0.15) is 0 Å². The van der Waals surface area contributed by atoms with Crippen LogP contribution in [-0.4, -0.2) is 67.2 Å². The maximum atomic E-state index is 14.2. The number of phenols is 1. The maximum Gasteiger partial charge on any atom is 0.308 e. The molecule has 0 fully saturated rings. The number of aromatic hydroxyl groups is 1. The Balaban J connectivity index is 2.02. The number of benzene rings is 1. The van der Waals surface area contributed by atoms with Crippen LogP contribution in [0.15, 0.2) is 34.8 Å². The van der Waals surface area contributed by atoms with Gasteiger partial charge in [0.1, 0.15) is 22.8 Å². The molecule has 0 bridgehead atoms. The zero-order chi connectivity index (χ0) is 31.9. The highest BCUT2D eigenvalue weighted by molar-refractivity contribution is 6.25. The molecule has 3 aliphatic carbocycles. The molecule has 0 radical (unpaired) electrons. The lowest BCUT2D eigenvalue weighted by Gasteiger charge is -2.63. The lowest BCUT2D eigenvalue weighted by Crippen LogP contribution is -2.73. The third-order valence-electron chi connectivity index (χ3n) is 10.1. The number of hydrogen-bond donors (Lipinski definition) is 5. The van der Waals surface area contributed by atoms with Crippen LogP contribution in [-0.2, 0) is 25.5 Å². The first-order chi connectivity index (χ1) is 19.4. The van der Waals surface area contributed by atoms with Crippen LogP contribution >= 0.6 is 0 Å². The number of rotatable bonds is 6. The van der Waals surface area contributed by atoms with Crippen LogP contribution in [0, 0.1) is 28.6 Å². The third-order valence-corrected chi connectivity index (χ3v) is 10.1. The quantitative estimate of drug-likeness (QED) is 0.245. The standard InChI is InChI=1S/C32H40O10/c1-9-42-28(39)14(4)12-17-10-11-18-15(5)30(7)22(25(36)20(18)23(17)34)27(38)32(41)26(37)19(16(6)33)24(35)21(13(2)3)31(32,8)29(30)40/h10-11,13-15,21,29,34-35,38,40-41H,9,12H2,1-8H3/t14?,15-,21?,29-,30+,31+,32+/m1/s1. The van der Waals surface area contributed by atoms with E-state index in [-0.39, 0.29) is 24.2 Å². The van der Waals surface area contributed by atoms with Gasteiger partial charge < -0.3 is 30.3 Å². The van der Waals surface area contributed by atoms with Gasteiger partial charge in [-0.1, -0.05) is 53.7 Å². The lowest BCUT2D eigenvalue weighted by atomic mass is 9.41. The largest absolute Gasteiger partial charge is 0.511 e. The van der Waals surface area contributed by atoms with E-state index in [4.69, 9.17) is 4.74 Å². The predicted molar refractivity (Wildman–Crippen MR) is 151 cm³/mol. The highest BCUT2D eigenvalue weighted by atomic mass is 16.5. The molecule has 7 atom stereocenters. The molecule has 0 heterocycles. The van der Waals surface area contributed by atoms with Crippen molar-refractivity contribution < 1.29 is 49.4 Å². The number of phenolic OH excluding ortho intramolecular Hbond substituents is 1. The topological polar surface area (TPSA) is 179 Å². The Morgan fingerprint density at radius 2 is 1.67 bits per heavy atom. The zero-order valence-electron chi connectivity index (χ0n) is 25.2. The normalized spacial score (nSPS) is 33.3. The molecule has 0 aromatic heterocycles. The summed E-state index contributed by atoms with van der Waals surface area (Å²) in [4.78, 5) is 52.9. The average Bonchev–Trinajstić information content (AvgIpc) is 2.90. The van der Waals surface area contributed by atoms with E-state index >= 15 is 0 Å². The molecule has 0 saturated carbocycles. The Kier molecular flexibility index (Phi) is 7.52. The number of ketones is 3. The monoisotopic (exact) mass is 584 g/mol. The van der Waals surface area contributed by atoms with Crippen molar-refractivity contribution >= 4 is 23.3 Å². The fraction of sp³-hybridized carbons (Fsp3) is 0.562. The van der Waals surface area contributed by atoms with Crippen molar-refractivity contribution in [3.05, 3.63) is 51.5 Å². The Labute approximate surface area is 244 Å². The van der Waals surface area contributed by atoms with Gasteiger partial charge in [0.15, 0.2) is 17.2 Å². The van der Waals surface area contributed by atoms with Crippen LogP contribution in [0.4, 0.5) is 0 Å². The minimum absolute atomic E-state index is 0.0487. The molecule has 0 aliphatic heterocycles. The number of allylic oxidation sites excluding steroid dienone is 1. The second kappa shape index (κ2) is 10.1. The average molecular weight is 585 g/mol. The highest BCUT2D eigenvalue weighted by Crippen LogP contribution is 2.67. The summed E-state index contributed by atoms with van der Waals surface area (Å²) in [6, 6.07) is 3.21. The van der Waals surface area contributed by atoms with Gasteiger partial charge in [0.25, 0.3) is 0 Å². The van der Waals surface area contributed by atoms with Crippen molar-refractivity contribution in [2.45, 2.75) is 79.4 Å². The van der Waals surface area contributed by atoms with E-state index in [9.17, 15) is 44.7 Å². The van der Waals surface area contributed by atoms with E-state index < -0.39 is 97.9 Å². The molecule has 0 amide bonds. The minimum atomic E-state index is -2.94. The van der Waals surface area contributed by atoms with E-state index in [1.54, 1.807) is 46.8 Å². The summed E-state index contributed by atoms with van der Waals surface area (Å²) in [7, 11) is 0. The Morgan fingerprint density at radius 3 is 2.19 bits per heavy atom. The molecule has 2 unspecified atom stereocenters. The van der Waals surface area contributed by atoms with Crippen LogP contribution in [0.25, 0.3) is 0 Å². The summed E-state index contributed by atoms with van der Waals surface area (Å²) in [6.07, 6.45) is -1.64. The van der Waals surface area contributed by atoms with E-state index in [0.717, 1.165) is 6.92 Å². The first kappa shape index (κ1) is 31.4. The van der Waals surface area contributed by atoms with E-state index in [1.807, 2.05) is 0 Å². The number of esters is 1. The number of Topliss-reactive ketones (excluding diaryl/α,β-unsaturated/α-hetero) is 3. The van der Waals surface area contributed by atoms with Crippen molar-refractivity contribution in [3.63, 3.8) is 0 Å². The van der Waals surface area contributed by atoms with Gasteiger partial charge in [-0.3, -0.25) is 19.2 Å². The number of aliphatic hydroxyl groups is 4. The molecule has 4 rings (SSSR count). The summed E-state index contributed by atoms with van der Waals surface area (Å²) >= 11 is 0. The first-order valence-corrected chi connectivity index (χ1v) is 14.3. The molecule has 3 aliphatic rings. The van der Waals surface area contributed by atoms with Crippen LogP contribution in [0.1, 0.15) is 82.8 Å². The van der Waals surface area contributed by atoms with E-state index in [0.29, 0.717) is 5.56 Å². The van der Waals surface area contributed by atoms with E-state index in [2.05, 4.69) is 0 Å². The minimum Gasteiger partial charge on any atom is -0.511 e. The molecule has 0 spiro atoms. The maximum absolute atomic E-state index is 14.2. The molecule has 1 aromatic carbocycles. The molecule has 5 N–H and O–H groups in total. The number of carbonyl (C=O) groups is 4. The van der Waals surface area contributed by atoms with Crippen molar-refractivity contribution in [1.29, 1.82) is 0 Å². The molecule has 228 valence electrons. The molecule has 10 nitrogen and oxygen atoms in total. The molecule has 10 heteroatoms. The van der Waals surface area contributed by atoms with Crippen LogP contribution in [0.2, 0.25) is 0 Å². The first-order valence-electron chi connectivity index (χ1n) is 14.3. The number of fused-ring (bicyclic) bond motifs is 3. The van der Waals surface area contributed by atoms with E-state index in [1.165, 1.54) is 13.8 Å². The number of carbonyl (C=O) groups excluding carboxylic acids is 4. The van der Waals surface area contributed by atoms with Crippen molar-refractivity contribution in [2.24, 2.45) is 28.6 Å². The van der Waals surface area contributed by atoms with Crippen LogP contribution in [0.5, 0.6) is 5.75 Å². The molecule has 42 heavy (non-hydrogen) atoms. The molecule has 1 aromatic rings. The van der Waals surface area contributed by atoms with Crippen molar-refractivity contribution in [1.82, 2.24) is 0 Å². The van der Waals surface area contributed by atoms with Gasteiger partial charge >= 0.3 is 5.97 Å². The van der Waals surface area contributed by atoms with Crippen molar-refractivity contribution in [2.75, 3.05) is 6.61 Å².